The third-order valence-electron chi connectivity index (χ3n) is 5.27. The molecule has 3 aromatic carbocycles. The van der Waals surface area contributed by atoms with E-state index in [2.05, 4.69) is 25.5 Å². The maximum absolute atomic E-state index is 12.2. The molecule has 8 nitrogen and oxygen atoms in total. The zero-order valence-corrected chi connectivity index (χ0v) is 16.9. The van der Waals surface area contributed by atoms with Gasteiger partial charge in [-0.05, 0) is 42.0 Å². The Balaban J connectivity index is 1.61. The second-order valence-corrected chi connectivity index (χ2v) is 7.08. The predicted octanol–water partition coefficient (Wildman–Crippen LogP) is 3.85. The number of nitrogens with zero attached hydrogens (tertiary/aromatic N) is 2. The van der Waals surface area contributed by atoms with Crippen LogP contribution in [0.3, 0.4) is 0 Å². The highest BCUT2D eigenvalue weighted by molar-refractivity contribution is 6.06. The van der Waals surface area contributed by atoms with Crippen LogP contribution in [0.25, 0.3) is 44.6 Å². The number of benzene rings is 3. The lowest BCUT2D eigenvalue weighted by Gasteiger charge is -2.09. The van der Waals surface area contributed by atoms with Crippen LogP contribution in [0, 0.1) is 0 Å². The summed E-state index contributed by atoms with van der Waals surface area (Å²) in [5.41, 5.74) is 5.14. The molecule has 4 N–H and O–H groups in total. The van der Waals surface area contributed by atoms with Crippen LogP contribution in [-0.2, 0) is 0 Å². The number of aromatic nitrogens is 4. The first kappa shape index (κ1) is 18.7. The maximum Gasteiger partial charge on any atom is 0.253 e. The molecule has 0 bridgehead atoms. The van der Waals surface area contributed by atoms with E-state index in [1.807, 2.05) is 36.4 Å². The summed E-state index contributed by atoms with van der Waals surface area (Å²) in [7, 11) is 3.16. The molecule has 0 aliphatic rings. The number of ether oxygens (including phenoxy) is 1. The highest BCUT2D eigenvalue weighted by Crippen LogP contribution is 2.35. The van der Waals surface area contributed by atoms with Gasteiger partial charge in [0.1, 0.15) is 22.7 Å². The number of methoxy groups -OCH3 is 1. The molecule has 2 heterocycles. The molecule has 0 spiro atoms. The molecule has 0 fully saturated rings. The van der Waals surface area contributed by atoms with Gasteiger partial charge in [0.2, 0.25) is 0 Å². The van der Waals surface area contributed by atoms with Crippen LogP contribution in [0.1, 0.15) is 10.4 Å². The molecule has 0 atom stereocenters. The maximum atomic E-state index is 12.2. The molecule has 5 aromatic rings. The first-order chi connectivity index (χ1) is 15.1. The molecule has 1 amide bonds. The van der Waals surface area contributed by atoms with Crippen molar-refractivity contribution < 1.29 is 14.6 Å². The van der Waals surface area contributed by atoms with Crippen LogP contribution in [0.15, 0.2) is 54.6 Å². The number of para-hydroxylation sites is 1. The van der Waals surface area contributed by atoms with E-state index in [4.69, 9.17) is 4.74 Å². The van der Waals surface area contributed by atoms with E-state index >= 15 is 0 Å². The number of hydrogen-bond donors (Lipinski definition) is 4. The smallest absolute Gasteiger partial charge is 0.253 e. The molecule has 0 unspecified atom stereocenters. The number of nitrogens with one attached hydrogen (secondary N) is 3. The van der Waals surface area contributed by atoms with E-state index in [1.54, 1.807) is 32.4 Å². The van der Waals surface area contributed by atoms with E-state index in [9.17, 15) is 9.90 Å². The van der Waals surface area contributed by atoms with Crippen molar-refractivity contribution in [2.75, 3.05) is 14.2 Å². The number of fused-ring (bicyclic) bond motifs is 2. The molecule has 0 saturated carbocycles. The summed E-state index contributed by atoms with van der Waals surface area (Å²) in [6, 6.07) is 16.3. The molecule has 0 radical (unpaired) electrons. The molecule has 8 heteroatoms. The van der Waals surface area contributed by atoms with Gasteiger partial charge in [0.25, 0.3) is 5.91 Å². The lowest BCUT2D eigenvalue weighted by atomic mass is 10.0. The number of carbonyl (C=O) groups is 1. The Kier molecular flexibility index (Phi) is 4.32. The minimum Gasteiger partial charge on any atom is -0.508 e. The van der Waals surface area contributed by atoms with Gasteiger partial charge in [-0.15, -0.1) is 0 Å². The van der Waals surface area contributed by atoms with Gasteiger partial charge in [0.05, 0.1) is 23.7 Å². The van der Waals surface area contributed by atoms with Crippen LogP contribution >= 0.6 is 0 Å². The minimum atomic E-state index is -0.192. The number of aromatic amines is 2. The van der Waals surface area contributed by atoms with Crippen molar-refractivity contribution >= 4 is 27.8 Å². The average molecular weight is 413 g/mol. The Morgan fingerprint density at radius 3 is 2.77 bits per heavy atom. The van der Waals surface area contributed by atoms with Crippen LogP contribution in [0.4, 0.5) is 0 Å². The number of aromatic hydroxyl groups is 1. The molecule has 0 saturated heterocycles. The number of rotatable bonds is 4. The van der Waals surface area contributed by atoms with Crippen molar-refractivity contribution in [2.45, 2.75) is 0 Å². The highest BCUT2D eigenvalue weighted by atomic mass is 16.5. The van der Waals surface area contributed by atoms with Crippen molar-refractivity contribution in [2.24, 2.45) is 0 Å². The Hall–Kier alpha value is -4.33. The number of carbonyl (C=O) groups excluding carboxylic acids is 1. The molecular formula is C23H19N5O3. The van der Waals surface area contributed by atoms with E-state index in [1.165, 1.54) is 0 Å². The van der Waals surface area contributed by atoms with Gasteiger partial charge in [0, 0.05) is 24.1 Å². The summed E-state index contributed by atoms with van der Waals surface area (Å²) in [6.45, 7) is 0. The Morgan fingerprint density at radius 1 is 1.10 bits per heavy atom. The van der Waals surface area contributed by atoms with Crippen LogP contribution < -0.4 is 10.1 Å². The van der Waals surface area contributed by atoms with Crippen LogP contribution in [0.5, 0.6) is 11.5 Å². The number of phenols is 1. The summed E-state index contributed by atoms with van der Waals surface area (Å²) >= 11 is 0. The fourth-order valence-electron chi connectivity index (χ4n) is 3.75. The summed E-state index contributed by atoms with van der Waals surface area (Å²) in [6.07, 6.45) is 0. The highest BCUT2D eigenvalue weighted by Gasteiger charge is 2.17. The van der Waals surface area contributed by atoms with E-state index < -0.39 is 0 Å². The van der Waals surface area contributed by atoms with Gasteiger partial charge >= 0.3 is 0 Å². The fourth-order valence-corrected chi connectivity index (χ4v) is 3.75. The second kappa shape index (κ2) is 7.17. The topological polar surface area (TPSA) is 116 Å². The van der Waals surface area contributed by atoms with Crippen molar-refractivity contribution in [1.82, 2.24) is 25.5 Å². The lowest BCUT2D eigenvalue weighted by molar-refractivity contribution is 0.0964. The summed E-state index contributed by atoms with van der Waals surface area (Å²) < 4.78 is 5.41. The molecular weight excluding hydrogens is 394 g/mol. The molecule has 0 aliphatic carbocycles. The Bertz CT molecular complexity index is 1450. The number of H-pyrrole nitrogens is 2. The normalized spacial score (nSPS) is 11.2. The molecule has 31 heavy (non-hydrogen) atoms. The van der Waals surface area contributed by atoms with Gasteiger partial charge in [-0.3, -0.25) is 9.89 Å². The standard InChI is InChI=1S/C23H19N5O3/c1-24-23(30)16-4-3-5-17-20(16)26-22(25-17)21-15-8-6-12(10-18(15)27-28-21)14-9-7-13(29)11-19(14)31-2/h3-11,29H,1-2H3,(H,24,30)(H,25,26)(H,27,28). The van der Waals surface area contributed by atoms with Crippen LogP contribution in [0.2, 0.25) is 0 Å². The average Bonchev–Trinajstić information content (AvgIpc) is 3.41. The Morgan fingerprint density at radius 2 is 1.97 bits per heavy atom. The first-order valence-corrected chi connectivity index (χ1v) is 9.65. The van der Waals surface area contributed by atoms with Crippen molar-refractivity contribution in [3.05, 3.63) is 60.2 Å². The monoisotopic (exact) mass is 413 g/mol. The number of imidazole rings is 1. The number of hydrogen-bond acceptors (Lipinski definition) is 5. The van der Waals surface area contributed by atoms with Gasteiger partial charge in [-0.1, -0.05) is 12.1 Å². The summed E-state index contributed by atoms with van der Waals surface area (Å²) in [4.78, 5) is 20.1. The fraction of sp³-hybridized carbons (Fsp3) is 0.0870. The SMILES string of the molecule is CNC(=O)c1cccc2[nH]c(-c3n[nH]c4cc(-c5ccc(O)cc5OC)ccc34)nc12. The van der Waals surface area contributed by atoms with Gasteiger partial charge in [-0.25, -0.2) is 4.98 Å². The van der Waals surface area contributed by atoms with E-state index in [-0.39, 0.29) is 11.7 Å². The predicted molar refractivity (Wildman–Crippen MR) is 118 cm³/mol. The first-order valence-electron chi connectivity index (χ1n) is 9.65. The summed E-state index contributed by atoms with van der Waals surface area (Å²) in [5.74, 6) is 1.11. The van der Waals surface area contributed by atoms with Gasteiger partial charge < -0.3 is 20.1 Å². The molecule has 154 valence electrons. The van der Waals surface area contributed by atoms with Crippen LogP contribution in [-0.4, -0.2) is 45.3 Å². The van der Waals surface area contributed by atoms with E-state index in [0.29, 0.717) is 28.3 Å². The number of amides is 1. The van der Waals surface area contributed by atoms with Gasteiger partial charge in [0.15, 0.2) is 5.82 Å². The molecule has 5 rings (SSSR count). The number of phenolic OH excluding ortho intramolecular Hbond substituents is 1. The lowest BCUT2D eigenvalue weighted by Crippen LogP contribution is -2.18. The third-order valence-corrected chi connectivity index (χ3v) is 5.27. The Labute approximate surface area is 176 Å². The third kappa shape index (κ3) is 3.05. The zero-order valence-electron chi connectivity index (χ0n) is 16.9. The van der Waals surface area contributed by atoms with Crippen molar-refractivity contribution in [3.8, 4) is 34.1 Å². The zero-order chi connectivity index (χ0) is 21.5. The van der Waals surface area contributed by atoms with Crippen molar-refractivity contribution in [1.29, 1.82) is 0 Å². The minimum absolute atomic E-state index is 0.145. The second-order valence-electron chi connectivity index (χ2n) is 7.08. The van der Waals surface area contributed by atoms with E-state index in [0.717, 1.165) is 27.5 Å². The quantitative estimate of drug-likeness (QED) is 0.357. The molecule has 2 aromatic heterocycles. The van der Waals surface area contributed by atoms with Gasteiger partial charge in [-0.2, -0.15) is 5.10 Å². The summed E-state index contributed by atoms with van der Waals surface area (Å²) in [5, 5.41) is 20.8. The molecule has 0 aliphatic heterocycles. The van der Waals surface area contributed by atoms with Crippen molar-refractivity contribution in [3.63, 3.8) is 0 Å². The largest absolute Gasteiger partial charge is 0.508 e.